The number of carbonyl (C=O) groups is 1. The fourth-order valence-electron chi connectivity index (χ4n) is 2.58. The van der Waals surface area contributed by atoms with Gasteiger partial charge in [-0.15, -0.1) is 0 Å². The topological polar surface area (TPSA) is 50.7 Å². The maximum absolute atomic E-state index is 12.0. The summed E-state index contributed by atoms with van der Waals surface area (Å²) in [6.45, 7) is 2.37. The van der Waals surface area contributed by atoms with Crippen molar-refractivity contribution in [3.63, 3.8) is 0 Å². The molecular weight excluding hydrogens is 431 g/mol. The maximum atomic E-state index is 12.0. The van der Waals surface area contributed by atoms with Crippen molar-refractivity contribution in [2.45, 2.75) is 13.5 Å². The molecule has 0 unspecified atom stereocenters. The van der Waals surface area contributed by atoms with Gasteiger partial charge >= 0.3 is 0 Å². The van der Waals surface area contributed by atoms with Crippen molar-refractivity contribution in [1.82, 2.24) is 5.43 Å². The Bertz CT molecular complexity index is 1030. The number of hydrogen-bond donors (Lipinski definition) is 1. The van der Waals surface area contributed by atoms with Crippen LogP contribution in [-0.4, -0.2) is 12.1 Å². The van der Waals surface area contributed by atoms with Crippen molar-refractivity contribution in [3.05, 3.63) is 98.0 Å². The number of benzene rings is 3. The molecule has 0 atom stereocenters. The average Bonchev–Trinajstić information content (AvgIpc) is 2.68. The molecule has 29 heavy (non-hydrogen) atoms. The third-order valence-electron chi connectivity index (χ3n) is 3.97. The molecule has 0 saturated carbocycles. The lowest BCUT2D eigenvalue weighted by Crippen LogP contribution is -2.17. The van der Waals surface area contributed by atoms with E-state index in [1.54, 1.807) is 36.4 Å². The van der Waals surface area contributed by atoms with Gasteiger partial charge in [0.1, 0.15) is 6.61 Å². The number of halogens is 3. The SMILES string of the molecule is Cc1cccc(COc2c(Cl)cc(/C=N\NC(=O)c3ccc(Cl)cc3)cc2Cl)c1. The van der Waals surface area contributed by atoms with E-state index in [-0.39, 0.29) is 5.91 Å². The summed E-state index contributed by atoms with van der Waals surface area (Å²) in [7, 11) is 0. The minimum atomic E-state index is -0.354. The van der Waals surface area contributed by atoms with E-state index in [4.69, 9.17) is 39.5 Å². The predicted molar refractivity (Wildman–Crippen MR) is 118 cm³/mol. The van der Waals surface area contributed by atoms with Gasteiger partial charge in [0, 0.05) is 10.6 Å². The number of carbonyl (C=O) groups excluding carboxylic acids is 1. The first kappa shape index (κ1) is 21.2. The van der Waals surface area contributed by atoms with Crippen molar-refractivity contribution >= 4 is 46.9 Å². The molecule has 0 saturated heterocycles. The number of hydrogen-bond acceptors (Lipinski definition) is 3. The quantitative estimate of drug-likeness (QED) is 0.356. The third-order valence-corrected chi connectivity index (χ3v) is 4.79. The van der Waals surface area contributed by atoms with E-state index < -0.39 is 0 Å². The molecule has 0 radical (unpaired) electrons. The van der Waals surface area contributed by atoms with E-state index >= 15 is 0 Å². The van der Waals surface area contributed by atoms with Crippen LogP contribution in [-0.2, 0) is 6.61 Å². The lowest BCUT2D eigenvalue weighted by Gasteiger charge is -2.11. The van der Waals surface area contributed by atoms with E-state index in [9.17, 15) is 4.79 Å². The standard InChI is InChI=1S/C22H17Cl3N2O2/c1-14-3-2-4-15(9-14)13-29-21-19(24)10-16(11-20(21)25)12-26-27-22(28)17-5-7-18(23)8-6-17/h2-12H,13H2,1H3,(H,27,28)/b26-12-. The fourth-order valence-corrected chi connectivity index (χ4v) is 3.32. The average molecular weight is 448 g/mol. The molecule has 0 spiro atoms. The smallest absolute Gasteiger partial charge is 0.271 e. The van der Waals surface area contributed by atoms with Gasteiger partial charge in [-0.3, -0.25) is 4.79 Å². The van der Waals surface area contributed by atoms with Gasteiger partial charge in [0.05, 0.1) is 16.3 Å². The van der Waals surface area contributed by atoms with Crippen LogP contribution in [0.25, 0.3) is 0 Å². The normalized spacial score (nSPS) is 10.9. The van der Waals surface area contributed by atoms with E-state index in [0.29, 0.717) is 38.6 Å². The van der Waals surface area contributed by atoms with Gasteiger partial charge in [-0.2, -0.15) is 5.10 Å². The summed E-state index contributed by atoms with van der Waals surface area (Å²) in [5.41, 5.74) is 5.68. The van der Waals surface area contributed by atoms with Gasteiger partial charge in [0.25, 0.3) is 5.91 Å². The monoisotopic (exact) mass is 446 g/mol. The lowest BCUT2D eigenvalue weighted by atomic mass is 10.1. The summed E-state index contributed by atoms with van der Waals surface area (Å²) in [5.74, 6) is 0.0467. The van der Waals surface area contributed by atoms with Crippen LogP contribution in [0.3, 0.4) is 0 Å². The minimum Gasteiger partial charge on any atom is -0.486 e. The molecule has 3 aromatic rings. The van der Waals surface area contributed by atoms with Gasteiger partial charge in [0.2, 0.25) is 0 Å². The third kappa shape index (κ3) is 5.97. The number of ether oxygens (including phenoxy) is 1. The second-order valence-corrected chi connectivity index (χ2v) is 7.55. The highest BCUT2D eigenvalue weighted by molar-refractivity contribution is 6.37. The molecule has 0 heterocycles. The second-order valence-electron chi connectivity index (χ2n) is 6.30. The number of nitrogens with zero attached hydrogens (tertiary/aromatic N) is 1. The lowest BCUT2D eigenvalue weighted by molar-refractivity contribution is 0.0955. The Morgan fingerprint density at radius 2 is 1.72 bits per heavy atom. The van der Waals surface area contributed by atoms with Crippen molar-refractivity contribution in [1.29, 1.82) is 0 Å². The highest BCUT2D eigenvalue weighted by Crippen LogP contribution is 2.34. The molecule has 3 rings (SSSR count). The molecule has 7 heteroatoms. The zero-order chi connectivity index (χ0) is 20.8. The zero-order valence-corrected chi connectivity index (χ0v) is 17.7. The van der Waals surface area contributed by atoms with Crippen molar-refractivity contribution in [2.75, 3.05) is 0 Å². The zero-order valence-electron chi connectivity index (χ0n) is 15.5. The minimum absolute atomic E-state index is 0.353. The number of rotatable bonds is 6. The predicted octanol–water partition coefficient (Wildman–Crippen LogP) is 6.30. The van der Waals surface area contributed by atoms with Crippen LogP contribution < -0.4 is 10.2 Å². The number of hydrazone groups is 1. The van der Waals surface area contributed by atoms with Crippen molar-refractivity contribution in [2.24, 2.45) is 5.10 Å². The molecule has 0 aromatic heterocycles. The first-order chi connectivity index (χ1) is 13.9. The molecule has 0 aliphatic rings. The van der Waals surface area contributed by atoms with Crippen LogP contribution in [0.2, 0.25) is 15.1 Å². The van der Waals surface area contributed by atoms with E-state index in [1.807, 2.05) is 31.2 Å². The van der Waals surface area contributed by atoms with E-state index in [2.05, 4.69) is 10.5 Å². The van der Waals surface area contributed by atoms with Gasteiger partial charge < -0.3 is 4.74 Å². The summed E-state index contributed by atoms with van der Waals surface area (Å²) in [6, 6.07) is 17.8. The van der Waals surface area contributed by atoms with Gasteiger partial charge in [0.15, 0.2) is 5.75 Å². The molecule has 0 aliphatic carbocycles. The number of nitrogens with one attached hydrogen (secondary N) is 1. The van der Waals surface area contributed by atoms with Gasteiger partial charge in [-0.1, -0.05) is 64.6 Å². The van der Waals surface area contributed by atoms with Crippen LogP contribution in [0.1, 0.15) is 27.0 Å². The molecule has 4 nitrogen and oxygen atoms in total. The molecule has 0 aliphatic heterocycles. The van der Waals surface area contributed by atoms with Crippen LogP contribution in [0.4, 0.5) is 0 Å². The molecule has 1 amide bonds. The summed E-state index contributed by atoms with van der Waals surface area (Å²) in [6.07, 6.45) is 1.45. The van der Waals surface area contributed by atoms with Crippen LogP contribution in [0, 0.1) is 6.92 Å². The van der Waals surface area contributed by atoms with Crippen LogP contribution in [0.5, 0.6) is 5.75 Å². The van der Waals surface area contributed by atoms with Crippen molar-refractivity contribution < 1.29 is 9.53 Å². The Balaban J connectivity index is 1.64. The Morgan fingerprint density at radius 3 is 2.38 bits per heavy atom. The fraction of sp³-hybridized carbons (Fsp3) is 0.0909. The Morgan fingerprint density at radius 1 is 1.03 bits per heavy atom. The second kappa shape index (κ2) is 9.79. The largest absolute Gasteiger partial charge is 0.486 e. The Kier molecular flexibility index (Phi) is 7.15. The number of aryl methyl sites for hydroxylation is 1. The first-order valence-electron chi connectivity index (χ1n) is 8.69. The van der Waals surface area contributed by atoms with Gasteiger partial charge in [-0.05, 0) is 54.4 Å². The maximum Gasteiger partial charge on any atom is 0.271 e. The Labute approximate surface area is 184 Å². The number of amides is 1. The molecule has 3 aromatic carbocycles. The van der Waals surface area contributed by atoms with Crippen LogP contribution in [0.15, 0.2) is 65.8 Å². The summed E-state index contributed by atoms with van der Waals surface area (Å²) >= 11 is 18.4. The molecular formula is C22H17Cl3N2O2. The molecule has 1 N–H and O–H groups in total. The Hall–Kier alpha value is -2.53. The molecule has 0 bridgehead atoms. The van der Waals surface area contributed by atoms with E-state index in [1.165, 1.54) is 6.21 Å². The van der Waals surface area contributed by atoms with Crippen LogP contribution >= 0.6 is 34.8 Å². The first-order valence-corrected chi connectivity index (χ1v) is 9.82. The molecule has 148 valence electrons. The molecule has 0 fully saturated rings. The summed E-state index contributed by atoms with van der Waals surface area (Å²) in [5, 5.41) is 5.21. The van der Waals surface area contributed by atoms with Gasteiger partial charge in [-0.25, -0.2) is 5.43 Å². The highest BCUT2D eigenvalue weighted by Gasteiger charge is 2.10. The van der Waals surface area contributed by atoms with E-state index in [0.717, 1.165) is 11.1 Å². The highest BCUT2D eigenvalue weighted by atomic mass is 35.5. The summed E-state index contributed by atoms with van der Waals surface area (Å²) < 4.78 is 5.78. The van der Waals surface area contributed by atoms with Crippen molar-refractivity contribution in [3.8, 4) is 5.75 Å². The summed E-state index contributed by atoms with van der Waals surface area (Å²) in [4.78, 5) is 12.0.